The minimum atomic E-state index is -3.17. The highest BCUT2D eigenvalue weighted by Crippen LogP contribution is 2.45. The number of benzene rings is 2. The van der Waals surface area contributed by atoms with Gasteiger partial charge in [0.15, 0.2) is 9.84 Å². The molecular weight excluding hydrogens is 280 g/mol. The molecule has 0 fully saturated rings. The second-order valence-electron chi connectivity index (χ2n) is 6.62. The zero-order chi connectivity index (χ0) is 15.3. The van der Waals surface area contributed by atoms with E-state index in [9.17, 15) is 8.42 Å². The van der Waals surface area contributed by atoms with Crippen molar-refractivity contribution in [3.05, 3.63) is 59.7 Å². The molecule has 0 aromatic heterocycles. The van der Waals surface area contributed by atoms with Gasteiger partial charge in [-0.2, -0.15) is 0 Å². The topological polar surface area (TPSA) is 34.1 Å². The van der Waals surface area contributed by atoms with Crippen LogP contribution in [0.3, 0.4) is 0 Å². The Hall–Kier alpha value is -1.61. The van der Waals surface area contributed by atoms with Crippen molar-refractivity contribution in [1.29, 1.82) is 0 Å². The van der Waals surface area contributed by atoms with E-state index in [0.29, 0.717) is 0 Å². The van der Waals surface area contributed by atoms with Crippen LogP contribution in [0.1, 0.15) is 37.8 Å². The Kier molecular flexibility index (Phi) is 3.21. The zero-order valence-corrected chi connectivity index (χ0v) is 13.4. The summed E-state index contributed by atoms with van der Waals surface area (Å²) >= 11 is 0. The summed E-state index contributed by atoms with van der Waals surface area (Å²) < 4.78 is 24.5. The lowest BCUT2D eigenvalue weighted by Gasteiger charge is -2.23. The van der Waals surface area contributed by atoms with Crippen molar-refractivity contribution in [1.82, 2.24) is 0 Å². The number of fused-ring (bicyclic) bond motifs is 3. The molecule has 2 aromatic rings. The fraction of sp³-hybridized carbons (Fsp3) is 0.333. The van der Waals surface area contributed by atoms with Gasteiger partial charge in [-0.05, 0) is 43.0 Å². The van der Waals surface area contributed by atoms with Crippen LogP contribution in [0.15, 0.2) is 48.5 Å². The molecule has 0 unspecified atom stereocenters. The number of sulfone groups is 1. The van der Waals surface area contributed by atoms with Gasteiger partial charge in [0.05, 0.1) is 10.5 Å². The first-order valence-electron chi connectivity index (χ1n) is 7.22. The summed E-state index contributed by atoms with van der Waals surface area (Å²) in [5.74, 6) is 0.117. The van der Waals surface area contributed by atoms with Crippen LogP contribution in [-0.4, -0.2) is 18.9 Å². The number of hydrogen-bond acceptors (Lipinski definition) is 2. The summed E-state index contributed by atoms with van der Waals surface area (Å²) in [6.45, 7) is 5.32. The van der Waals surface area contributed by atoms with Gasteiger partial charge < -0.3 is 0 Å². The zero-order valence-electron chi connectivity index (χ0n) is 12.6. The lowest BCUT2D eigenvalue weighted by Crippen LogP contribution is -2.32. The molecule has 21 heavy (non-hydrogen) atoms. The molecule has 0 N–H and O–H groups in total. The maximum absolute atomic E-state index is 12.6. The van der Waals surface area contributed by atoms with Crippen LogP contribution in [-0.2, 0) is 9.84 Å². The maximum Gasteiger partial charge on any atom is 0.156 e. The summed E-state index contributed by atoms with van der Waals surface area (Å²) in [6, 6.07) is 16.3. The summed E-state index contributed by atoms with van der Waals surface area (Å²) in [4.78, 5) is 0. The van der Waals surface area contributed by atoms with Gasteiger partial charge in [-0.1, -0.05) is 48.5 Å². The highest BCUT2D eigenvalue weighted by Gasteiger charge is 2.36. The monoisotopic (exact) mass is 300 g/mol. The van der Waals surface area contributed by atoms with E-state index in [1.54, 1.807) is 20.8 Å². The highest BCUT2D eigenvalue weighted by atomic mass is 32.2. The second-order valence-corrected chi connectivity index (χ2v) is 9.41. The van der Waals surface area contributed by atoms with E-state index >= 15 is 0 Å². The first-order valence-corrected chi connectivity index (χ1v) is 8.87. The molecule has 0 heterocycles. The van der Waals surface area contributed by atoms with E-state index in [4.69, 9.17) is 0 Å². The quantitative estimate of drug-likeness (QED) is 0.839. The summed E-state index contributed by atoms with van der Waals surface area (Å²) in [5.41, 5.74) is 4.60. The lowest BCUT2D eigenvalue weighted by molar-refractivity contribution is 0.557. The minimum Gasteiger partial charge on any atom is -0.228 e. The molecule has 3 heteroatoms. The van der Waals surface area contributed by atoms with Crippen LogP contribution >= 0.6 is 0 Å². The van der Waals surface area contributed by atoms with Crippen molar-refractivity contribution >= 4 is 9.84 Å². The molecule has 0 amide bonds. The Balaban J connectivity index is 2.12. The highest BCUT2D eigenvalue weighted by molar-refractivity contribution is 7.92. The Bertz CT molecular complexity index is 737. The van der Waals surface area contributed by atoms with Crippen molar-refractivity contribution < 1.29 is 8.42 Å². The first kappa shape index (κ1) is 14.3. The number of hydrogen-bond donors (Lipinski definition) is 0. The van der Waals surface area contributed by atoms with Gasteiger partial charge in [0, 0.05) is 5.92 Å². The van der Waals surface area contributed by atoms with Crippen LogP contribution < -0.4 is 0 Å². The van der Waals surface area contributed by atoms with Crippen LogP contribution in [0.4, 0.5) is 0 Å². The van der Waals surface area contributed by atoms with Gasteiger partial charge in [0.2, 0.25) is 0 Å². The third-order valence-corrected chi connectivity index (χ3v) is 6.92. The molecule has 1 aliphatic rings. The molecule has 0 spiro atoms. The summed E-state index contributed by atoms with van der Waals surface area (Å²) in [7, 11) is -3.17. The molecule has 1 aliphatic carbocycles. The van der Waals surface area contributed by atoms with E-state index in [1.165, 1.54) is 11.1 Å². The molecule has 2 aromatic carbocycles. The molecule has 0 atom stereocenters. The molecule has 0 aliphatic heterocycles. The Labute approximate surface area is 126 Å². The van der Waals surface area contributed by atoms with E-state index in [2.05, 4.69) is 24.3 Å². The average molecular weight is 300 g/mol. The predicted octanol–water partition coefficient (Wildman–Crippen LogP) is 4.01. The van der Waals surface area contributed by atoms with E-state index in [0.717, 1.165) is 11.1 Å². The third-order valence-electron chi connectivity index (χ3n) is 4.28. The predicted molar refractivity (Wildman–Crippen MR) is 87.3 cm³/mol. The van der Waals surface area contributed by atoms with Gasteiger partial charge in [-0.15, -0.1) is 0 Å². The maximum atomic E-state index is 12.6. The molecule has 110 valence electrons. The molecule has 0 saturated heterocycles. The van der Waals surface area contributed by atoms with Crippen LogP contribution in [0, 0.1) is 0 Å². The van der Waals surface area contributed by atoms with Crippen molar-refractivity contribution in [2.75, 3.05) is 5.75 Å². The molecule has 3 rings (SSSR count). The lowest BCUT2D eigenvalue weighted by atomic mass is 9.99. The van der Waals surface area contributed by atoms with Crippen molar-refractivity contribution in [3.8, 4) is 11.1 Å². The molecule has 0 saturated carbocycles. The van der Waals surface area contributed by atoms with Gasteiger partial charge in [0.1, 0.15) is 0 Å². The smallest absolute Gasteiger partial charge is 0.156 e. The average Bonchev–Trinajstić information content (AvgIpc) is 2.73. The fourth-order valence-electron chi connectivity index (χ4n) is 2.91. The Morgan fingerprint density at radius 3 is 1.71 bits per heavy atom. The van der Waals surface area contributed by atoms with Crippen molar-refractivity contribution in [2.24, 2.45) is 0 Å². The van der Waals surface area contributed by atoms with E-state index in [1.807, 2.05) is 24.3 Å². The normalized spacial score (nSPS) is 14.8. The molecule has 0 radical (unpaired) electrons. The molecule has 0 bridgehead atoms. The van der Waals surface area contributed by atoms with E-state index in [-0.39, 0.29) is 11.7 Å². The van der Waals surface area contributed by atoms with Crippen molar-refractivity contribution in [3.63, 3.8) is 0 Å². The third kappa shape index (κ3) is 2.30. The Morgan fingerprint density at radius 2 is 1.29 bits per heavy atom. The number of rotatable bonds is 2. The van der Waals surface area contributed by atoms with Crippen molar-refractivity contribution in [2.45, 2.75) is 31.4 Å². The summed E-state index contributed by atoms with van der Waals surface area (Å²) in [6.07, 6.45) is 0. The van der Waals surface area contributed by atoms with E-state index < -0.39 is 14.6 Å². The Morgan fingerprint density at radius 1 is 0.857 bits per heavy atom. The van der Waals surface area contributed by atoms with Gasteiger partial charge >= 0.3 is 0 Å². The van der Waals surface area contributed by atoms with Gasteiger partial charge in [0.25, 0.3) is 0 Å². The summed E-state index contributed by atoms with van der Waals surface area (Å²) in [5, 5.41) is 0. The molecule has 2 nitrogen and oxygen atoms in total. The van der Waals surface area contributed by atoms with Crippen LogP contribution in [0.25, 0.3) is 11.1 Å². The second kappa shape index (κ2) is 4.70. The van der Waals surface area contributed by atoms with Crippen LogP contribution in [0.5, 0.6) is 0 Å². The fourth-order valence-corrected chi connectivity index (χ4v) is 4.21. The SMILES string of the molecule is CC(C)(C)S(=O)(=O)CC1c2ccccc2-c2ccccc21. The van der Waals surface area contributed by atoms with Gasteiger partial charge in [-0.25, -0.2) is 8.42 Å². The van der Waals surface area contributed by atoms with Gasteiger partial charge in [-0.3, -0.25) is 0 Å². The molecular formula is C18H20O2S. The largest absolute Gasteiger partial charge is 0.228 e. The van der Waals surface area contributed by atoms with Crippen LogP contribution in [0.2, 0.25) is 0 Å². The first-order chi connectivity index (χ1) is 9.81. The minimum absolute atomic E-state index is 0.0541. The standard InChI is InChI=1S/C18H20O2S/c1-18(2,3)21(19,20)12-17-15-10-6-4-8-13(15)14-9-5-7-11-16(14)17/h4-11,17H,12H2,1-3H3.